The Balaban J connectivity index is 1.78. The second kappa shape index (κ2) is 3.57. The fourth-order valence-corrected chi connectivity index (χ4v) is 1.01. The number of rotatable bonds is 3. The first kappa shape index (κ1) is 8.25. The van der Waals surface area contributed by atoms with Crippen molar-refractivity contribution in [1.82, 2.24) is 10.6 Å². The van der Waals surface area contributed by atoms with Crippen molar-refractivity contribution in [2.24, 2.45) is 0 Å². The van der Waals surface area contributed by atoms with E-state index in [4.69, 9.17) is 4.84 Å². The van der Waals surface area contributed by atoms with Crippen molar-refractivity contribution in [1.29, 1.82) is 0 Å². The van der Waals surface area contributed by atoms with E-state index in [1.807, 2.05) is 0 Å². The van der Waals surface area contributed by atoms with Crippen LogP contribution in [0.25, 0.3) is 0 Å². The van der Waals surface area contributed by atoms with Gasteiger partial charge in [-0.3, -0.25) is 9.63 Å². The highest BCUT2D eigenvalue weighted by Crippen LogP contribution is 2.20. The summed E-state index contributed by atoms with van der Waals surface area (Å²) in [6, 6.07) is 1.49. The van der Waals surface area contributed by atoms with Gasteiger partial charge in [0.15, 0.2) is 5.69 Å². The monoisotopic (exact) mass is 182 g/mol. The lowest BCUT2D eigenvalue weighted by Gasteiger charge is -2.24. The molecule has 70 valence electrons. The molecule has 1 saturated carbocycles. The fourth-order valence-electron chi connectivity index (χ4n) is 1.01. The summed E-state index contributed by atoms with van der Waals surface area (Å²) in [5.41, 5.74) is 2.56. The molecule has 1 heterocycles. The van der Waals surface area contributed by atoms with Gasteiger partial charge in [0.25, 0.3) is 5.91 Å². The van der Waals surface area contributed by atoms with E-state index in [-0.39, 0.29) is 17.7 Å². The van der Waals surface area contributed by atoms with Gasteiger partial charge >= 0.3 is 0 Å². The minimum absolute atomic E-state index is 0.177. The zero-order valence-electron chi connectivity index (χ0n) is 7.03. The maximum absolute atomic E-state index is 11.2. The number of nitrogens with zero attached hydrogens (tertiary/aromatic N) is 1. The van der Waals surface area contributed by atoms with Crippen LogP contribution in [0.1, 0.15) is 29.8 Å². The molecule has 0 bridgehead atoms. The van der Waals surface area contributed by atoms with E-state index in [1.54, 1.807) is 0 Å². The van der Waals surface area contributed by atoms with Gasteiger partial charge in [0.2, 0.25) is 0 Å². The molecule has 1 N–H and O–H groups in total. The number of amides is 1. The standard InChI is InChI=1S/C8H10N2O3/c11-8(7-4-5-12-9-7)10-13-6-2-1-3-6/h4-6H,1-3H2,(H,10,11). The van der Waals surface area contributed by atoms with Crippen LogP contribution >= 0.6 is 0 Å². The summed E-state index contributed by atoms with van der Waals surface area (Å²) in [5, 5.41) is 3.47. The quantitative estimate of drug-likeness (QED) is 0.705. The number of hydrogen-bond donors (Lipinski definition) is 1. The Kier molecular flexibility index (Phi) is 2.27. The predicted molar refractivity (Wildman–Crippen MR) is 42.7 cm³/mol. The van der Waals surface area contributed by atoms with E-state index in [9.17, 15) is 4.79 Å². The lowest BCUT2D eigenvalue weighted by Crippen LogP contribution is -2.33. The van der Waals surface area contributed by atoms with Crippen molar-refractivity contribution in [2.75, 3.05) is 0 Å². The molecule has 0 radical (unpaired) electrons. The molecule has 1 fully saturated rings. The molecule has 1 amide bonds. The van der Waals surface area contributed by atoms with Crippen LogP contribution in [0, 0.1) is 0 Å². The van der Waals surface area contributed by atoms with Gasteiger partial charge in [-0.05, 0) is 19.3 Å². The van der Waals surface area contributed by atoms with E-state index in [0.29, 0.717) is 0 Å². The van der Waals surface area contributed by atoms with E-state index in [1.165, 1.54) is 18.8 Å². The van der Waals surface area contributed by atoms with E-state index in [0.717, 1.165) is 12.8 Å². The van der Waals surface area contributed by atoms with Crippen molar-refractivity contribution in [2.45, 2.75) is 25.4 Å². The molecular weight excluding hydrogens is 172 g/mol. The molecular formula is C8H10N2O3. The molecule has 13 heavy (non-hydrogen) atoms. The van der Waals surface area contributed by atoms with Crippen molar-refractivity contribution < 1.29 is 14.2 Å². The van der Waals surface area contributed by atoms with Crippen LogP contribution in [0.2, 0.25) is 0 Å². The fraction of sp³-hybridized carbons (Fsp3) is 0.500. The minimum Gasteiger partial charge on any atom is -0.364 e. The van der Waals surface area contributed by atoms with Crippen molar-refractivity contribution >= 4 is 5.91 Å². The summed E-state index contributed by atoms with van der Waals surface area (Å²) in [6.07, 6.45) is 4.72. The van der Waals surface area contributed by atoms with Crippen LogP contribution in [0.3, 0.4) is 0 Å². The topological polar surface area (TPSA) is 64.4 Å². The maximum atomic E-state index is 11.2. The molecule has 1 aliphatic carbocycles. The summed E-state index contributed by atoms with van der Waals surface area (Å²) in [4.78, 5) is 16.3. The van der Waals surface area contributed by atoms with Gasteiger partial charge in [0.1, 0.15) is 6.26 Å². The first-order valence-electron chi connectivity index (χ1n) is 4.22. The lowest BCUT2D eigenvalue weighted by atomic mass is 9.97. The molecule has 1 aliphatic rings. The second-order valence-corrected chi connectivity index (χ2v) is 2.99. The summed E-state index contributed by atoms with van der Waals surface area (Å²) >= 11 is 0. The highest BCUT2D eigenvalue weighted by molar-refractivity contribution is 5.91. The van der Waals surface area contributed by atoms with Gasteiger partial charge in [-0.15, -0.1) is 0 Å². The maximum Gasteiger partial charge on any atom is 0.297 e. The highest BCUT2D eigenvalue weighted by atomic mass is 16.7. The average molecular weight is 182 g/mol. The van der Waals surface area contributed by atoms with Crippen LogP contribution in [-0.4, -0.2) is 17.2 Å². The normalized spacial score (nSPS) is 16.6. The molecule has 0 aromatic carbocycles. The molecule has 0 spiro atoms. The number of nitrogens with one attached hydrogen (secondary N) is 1. The third-order valence-corrected chi connectivity index (χ3v) is 2.04. The Morgan fingerprint density at radius 3 is 3.08 bits per heavy atom. The summed E-state index contributed by atoms with van der Waals surface area (Å²) in [6.45, 7) is 0. The molecule has 1 aromatic rings. The molecule has 0 saturated heterocycles. The van der Waals surface area contributed by atoms with Gasteiger partial charge in [0, 0.05) is 6.07 Å². The Labute approximate surface area is 75.0 Å². The summed E-state index contributed by atoms with van der Waals surface area (Å²) < 4.78 is 4.52. The predicted octanol–water partition coefficient (Wildman–Crippen LogP) is 0.889. The van der Waals surface area contributed by atoms with Crippen LogP contribution in [0.15, 0.2) is 16.9 Å². The van der Waals surface area contributed by atoms with Gasteiger partial charge in [0.05, 0.1) is 6.10 Å². The minimum atomic E-state index is -0.361. The van der Waals surface area contributed by atoms with Crippen molar-refractivity contribution in [3.8, 4) is 0 Å². The van der Waals surface area contributed by atoms with Crippen LogP contribution in [-0.2, 0) is 4.84 Å². The second-order valence-electron chi connectivity index (χ2n) is 2.99. The molecule has 0 unspecified atom stereocenters. The molecule has 2 rings (SSSR count). The van der Waals surface area contributed by atoms with Gasteiger partial charge in [-0.1, -0.05) is 5.16 Å². The number of carbonyl (C=O) groups is 1. The third-order valence-electron chi connectivity index (χ3n) is 2.04. The molecule has 0 atom stereocenters. The summed E-state index contributed by atoms with van der Waals surface area (Å²) in [5.74, 6) is -0.361. The van der Waals surface area contributed by atoms with E-state index in [2.05, 4.69) is 15.2 Å². The first-order chi connectivity index (χ1) is 6.36. The van der Waals surface area contributed by atoms with Gasteiger partial charge < -0.3 is 4.52 Å². The van der Waals surface area contributed by atoms with E-state index < -0.39 is 0 Å². The van der Waals surface area contributed by atoms with Crippen molar-refractivity contribution in [3.05, 3.63) is 18.0 Å². The smallest absolute Gasteiger partial charge is 0.297 e. The first-order valence-corrected chi connectivity index (χ1v) is 4.22. The molecule has 1 aromatic heterocycles. The highest BCUT2D eigenvalue weighted by Gasteiger charge is 2.20. The zero-order valence-corrected chi connectivity index (χ0v) is 7.03. The summed E-state index contributed by atoms with van der Waals surface area (Å²) in [7, 11) is 0. The number of aromatic nitrogens is 1. The Bertz CT molecular complexity index is 280. The van der Waals surface area contributed by atoms with Crippen LogP contribution in [0.5, 0.6) is 0 Å². The molecule has 0 aliphatic heterocycles. The van der Waals surface area contributed by atoms with Crippen molar-refractivity contribution in [3.63, 3.8) is 0 Å². The zero-order chi connectivity index (χ0) is 9.10. The average Bonchev–Trinajstić information content (AvgIpc) is 2.52. The van der Waals surface area contributed by atoms with Gasteiger partial charge in [-0.2, -0.15) is 0 Å². The lowest BCUT2D eigenvalue weighted by molar-refractivity contribution is -0.0510. The van der Waals surface area contributed by atoms with E-state index >= 15 is 0 Å². The third kappa shape index (κ3) is 1.86. The number of carbonyl (C=O) groups excluding carboxylic acids is 1. The molecule has 5 nitrogen and oxygen atoms in total. The SMILES string of the molecule is O=C(NOC1CCC1)c1ccon1. The van der Waals surface area contributed by atoms with Gasteiger partial charge in [-0.25, -0.2) is 5.48 Å². The van der Waals surface area contributed by atoms with Crippen LogP contribution in [0.4, 0.5) is 0 Å². The largest absolute Gasteiger partial charge is 0.364 e. The number of hydroxylamine groups is 1. The number of hydrogen-bond acceptors (Lipinski definition) is 4. The Morgan fingerprint density at radius 2 is 2.54 bits per heavy atom. The Morgan fingerprint density at radius 1 is 1.69 bits per heavy atom. The molecule has 5 heteroatoms. The van der Waals surface area contributed by atoms with Crippen LogP contribution < -0.4 is 5.48 Å². The Hall–Kier alpha value is -1.36.